The molecule has 0 bridgehead atoms. The van der Waals surface area contributed by atoms with E-state index in [1.807, 2.05) is 21.9 Å². The number of sulfonamides is 1. The summed E-state index contributed by atoms with van der Waals surface area (Å²) in [5, 5.41) is 10.8. The van der Waals surface area contributed by atoms with Gasteiger partial charge in [0, 0.05) is 32.2 Å². The second-order valence-electron chi connectivity index (χ2n) is 8.60. The van der Waals surface area contributed by atoms with Crippen molar-refractivity contribution in [2.45, 2.75) is 50.7 Å². The molecule has 4 rings (SSSR count). The maximum Gasteiger partial charge on any atom is 0.237 e. The Balaban J connectivity index is 1.40. The minimum absolute atomic E-state index is 0.171. The monoisotopic (exact) mass is 421 g/mol. The molecule has 2 heterocycles. The van der Waals surface area contributed by atoms with E-state index in [1.54, 1.807) is 6.07 Å². The maximum absolute atomic E-state index is 12.6. The third kappa shape index (κ3) is 4.44. The van der Waals surface area contributed by atoms with Gasteiger partial charge in [0.2, 0.25) is 15.9 Å². The molecule has 1 aromatic carbocycles. The molecule has 29 heavy (non-hydrogen) atoms. The molecule has 0 unspecified atom stereocenters. The van der Waals surface area contributed by atoms with Crippen LogP contribution < -0.4 is 4.31 Å². The number of carbonyl (C=O) groups is 1. The Kier molecular flexibility index (Phi) is 5.86. The fourth-order valence-electron chi connectivity index (χ4n) is 4.98. The quantitative estimate of drug-likeness (QED) is 0.780. The number of aryl methyl sites for hydroxylation is 1. The van der Waals surface area contributed by atoms with Crippen molar-refractivity contribution >= 4 is 21.6 Å². The predicted molar refractivity (Wildman–Crippen MR) is 112 cm³/mol. The lowest BCUT2D eigenvalue weighted by Crippen LogP contribution is -2.54. The number of fused-ring (bicyclic) bond motifs is 1. The van der Waals surface area contributed by atoms with Crippen LogP contribution in [0.1, 0.15) is 49.3 Å². The van der Waals surface area contributed by atoms with E-state index in [4.69, 9.17) is 0 Å². The Morgan fingerprint density at radius 1 is 1.14 bits per heavy atom. The number of hydrogen-bond donors (Lipinski definition) is 1. The second-order valence-corrected chi connectivity index (χ2v) is 10.5. The number of aliphatic hydroxyl groups excluding tert-OH is 1. The lowest BCUT2D eigenvalue weighted by atomic mass is 9.98. The molecular weight excluding hydrogens is 390 g/mol. The number of hydrogen-bond acceptors (Lipinski definition) is 5. The van der Waals surface area contributed by atoms with Crippen LogP contribution in [-0.4, -0.2) is 74.3 Å². The van der Waals surface area contributed by atoms with Gasteiger partial charge >= 0.3 is 0 Å². The van der Waals surface area contributed by atoms with Crippen LogP contribution in [0, 0.1) is 0 Å². The van der Waals surface area contributed by atoms with Crippen LogP contribution in [0.15, 0.2) is 18.2 Å². The summed E-state index contributed by atoms with van der Waals surface area (Å²) in [7, 11) is -3.29. The minimum Gasteiger partial charge on any atom is -0.387 e. The van der Waals surface area contributed by atoms with Crippen LogP contribution in [-0.2, 0) is 21.2 Å². The van der Waals surface area contributed by atoms with Crippen LogP contribution >= 0.6 is 0 Å². The molecule has 7 nitrogen and oxygen atoms in total. The van der Waals surface area contributed by atoms with Crippen molar-refractivity contribution in [2.75, 3.05) is 43.3 Å². The van der Waals surface area contributed by atoms with Gasteiger partial charge in [-0.1, -0.05) is 25.0 Å². The lowest BCUT2D eigenvalue weighted by molar-refractivity contribution is -0.139. The van der Waals surface area contributed by atoms with E-state index >= 15 is 0 Å². The Hall–Kier alpha value is -1.64. The van der Waals surface area contributed by atoms with E-state index in [1.165, 1.54) is 23.4 Å². The summed E-state index contributed by atoms with van der Waals surface area (Å²) in [6, 6.07) is 5.95. The number of aliphatic hydroxyl groups is 1. The number of nitrogens with zero attached hydrogens (tertiary/aromatic N) is 3. The summed E-state index contributed by atoms with van der Waals surface area (Å²) in [6.45, 7) is 2.80. The molecule has 1 amide bonds. The van der Waals surface area contributed by atoms with E-state index in [0.29, 0.717) is 25.7 Å². The zero-order chi connectivity index (χ0) is 20.6. The van der Waals surface area contributed by atoms with E-state index < -0.39 is 16.1 Å². The molecule has 3 aliphatic rings. The van der Waals surface area contributed by atoms with Gasteiger partial charge in [0.25, 0.3) is 0 Å². The van der Waals surface area contributed by atoms with Gasteiger partial charge in [-0.05, 0) is 42.9 Å². The van der Waals surface area contributed by atoms with Crippen LogP contribution in [0.25, 0.3) is 0 Å². The van der Waals surface area contributed by atoms with Gasteiger partial charge in [0.1, 0.15) is 0 Å². The molecule has 0 aromatic heterocycles. The molecule has 1 atom stereocenters. The largest absolute Gasteiger partial charge is 0.387 e. The molecule has 1 N–H and O–H groups in total. The van der Waals surface area contributed by atoms with Gasteiger partial charge < -0.3 is 10.0 Å². The van der Waals surface area contributed by atoms with Crippen molar-refractivity contribution in [1.82, 2.24) is 9.80 Å². The average molecular weight is 422 g/mol. The fraction of sp³-hybridized carbons (Fsp3) is 0.667. The highest BCUT2D eigenvalue weighted by Gasteiger charge is 2.32. The van der Waals surface area contributed by atoms with Crippen LogP contribution in [0.4, 0.5) is 5.69 Å². The highest BCUT2D eigenvalue weighted by molar-refractivity contribution is 7.92. The topological polar surface area (TPSA) is 81.2 Å². The van der Waals surface area contributed by atoms with Gasteiger partial charge in [0.15, 0.2) is 0 Å². The van der Waals surface area contributed by atoms with Crippen molar-refractivity contribution in [3.63, 3.8) is 0 Å². The van der Waals surface area contributed by atoms with Gasteiger partial charge in [0.05, 0.1) is 24.6 Å². The van der Waals surface area contributed by atoms with Gasteiger partial charge in [-0.2, -0.15) is 0 Å². The highest BCUT2D eigenvalue weighted by atomic mass is 32.2. The minimum atomic E-state index is -3.29. The SMILES string of the molecule is CS(=O)(=O)N1CCCc2cc([C@H](O)CN3CCN(C4CCCC4)C(=O)C3)ccc21. The van der Waals surface area contributed by atoms with Gasteiger partial charge in [-0.3, -0.25) is 14.0 Å². The standard InChI is InChI=1S/C21H31N3O4S/c1-29(27,28)24-10-4-5-16-13-17(8-9-19(16)24)20(25)14-22-11-12-23(21(26)15-22)18-6-2-3-7-18/h8-9,13,18,20,25H,2-7,10-12,14-15H2,1H3/t20-/m1/s1. The average Bonchev–Trinajstić information content (AvgIpc) is 3.21. The first-order valence-corrected chi connectivity index (χ1v) is 12.5. The molecule has 0 spiro atoms. The molecule has 1 saturated heterocycles. The summed E-state index contributed by atoms with van der Waals surface area (Å²) in [5.74, 6) is 0.171. The number of amides is 1. The molecule has 1 aliphatic carbocycles. The van der Waals surface area contributed by atoms with Crippen molar-refractivity contribution in [3.8, 4) is 0 Å². The van der Waals surface area contributed by atoms with Gasteiger partial charge in [-0.15, -0.1) is 0 Å². The Bertz CT molecular complexity index is 867. The predicted octanol–water partition coefficient (Wildman–Crippen LogP) is 1.52. The Morgan fingerprint density at radius 3 is 2.59 bits per heavy atom. The smallest absolute Gasteiger partial charge is 0.237 e. The summed E-state index contributed by atoms with van der Waals surface area (Å²) in [5.41, 5.74) is 2.46. The zero-order valence-electron chi connectivity index (χ0n) is 17.1. The third-order valence-electron chi connectivity index (χ3n) is 6.50. The molecule has 0 radical (unpaired) electrons. The number of anilines is 1. The summed E-state index contributed by atoms with van der Waals surface area (Å²) in [4.78, 5) is 16.6. The van der Waals surface area contributed by atoms with Gasteiger partial charge in [-0.25, -0.2) is 8.42 Å². The molecule has 8 heteroatoms. The first-order valence-electron chi connectivity index (χ1n) is 10.6. The number of β-amino-alcohol motifs (C(OH)–C–C–N with tert-alkyl or cyclic N) is 1. The molecule has 1 aromatic rings. The van der Waals surface area contributed by atoms with Crippen LogP contribution in [0.3, 0.4) is 0 Å². The number of carbonyl (C=O) groups excluding carboxylic acids is 1. The fourth-order valence-corrected chi connectivity index (χ4v) is 5.97. The summed E-state index contributed by atoms with van der Waals surface area (Å²) in [6.07, 6.45) is 6.78. The van der Waals surface area contributed by atoms with Crippen molar-refractivity contribution in [2.24, 2.45) is 0 Å². The Morgan fingerprint density at radius 2 is 1.90 bits per heavy atom. The normalized spacial score (nSPS) is 22.8. The van der Waals surface area contributed by atoms with Crippen molar-refractivity contribution in [3.05, 3.63) is 29.3 Å². The molecule has 1 saturated carbocycles. The molecular formula is C21H31N3O4S. The van der Waals surface area contributed by atoms with Crippen LogP contribution in [0.5, 0.6) is 0 Å². The second kappa shape index (κ2) is 8.24. The molecule has 2 aliphatic heterocycles. The van der Waals surface area contributed by atoms with Crippen molar-refractivity contribution in [1.29, 1.82) is 0 Å². The Labute approximate surface area is 173 Å². The summed E-state index contributed by atoms with van der Waals surface area (Å²) < 4.78 is 25.5. The first-order chi connectivity index (χ1) is 13.8. The highest BCUT2D eigenvalue weighted by Crippen LogP contribution is 2.32. The van der Waals surface area contributed by atoms with Crippen LogP contribution in [0.2, 0.25) is 0 Å². The number of rotatable bonds is 5. The number of benzene rings is 1. The van der Waals surface area contributed by atoms with E-state index in [0.717, 1.165) is 55.6 Å². The number of piperazine rings is 1. The molecule has 2 fully saturated rings. The third-order valence-corrected chi connectivity index (χ3v) is 7.68. The lowest BCUT2D eigenvalue weighted by Gasteiger charge is -2.38. The maximum atomic E-state index is 12.6. The van der Waals surface area contributed by atoms with E-state index in [-0.39, 0.29) is 5.91 Å². The van der Waals surface area contributed by atoms with E-state index in [9.17, 15) is 18.3 Å². The zero-order valence-corrected chi connectivity index (χ0v) is 17.9. The first kappa shape index (κ1) is 20.6. The van der Waals surface area contributed by atoms with E-state index in [2.05, 4.69) is 0 Å². The summed E-state index contributed by atoms with van der Waals surface area (Å²) >= 11 is 0. The van der Waals surface area contributed by atoms with Crippen molar-refractivity contribution < 1.29 is 18.3 Å². The molecule has 160 valence electrons.